The van der Waals surface area contributed by atoms with Crippen molar-refractivity contribution in [2.24, 2.45) is 0 Å². The first-order valence-corrected chi connectivity index (χ1v) is 9.49. The summed E-state index contributed by atoms with van der Waals surface area (Å²) >= 11 is 0. The predicted molar refractivity (Wildman–Crippen MR) is 121 cm³/mol. The van der Waals surface area contributed by atoms with Gasteiger partial charge in [-0.15, -0.1) is 0 Å². The standard InChI is InChI=1S/C24H19N5.2H2/c1-2-7-18(8-3-1)19-9-4-6-17(12-19)14-26-23-13-22(28-16-29-23)21-15-27-24-20(21)10-5-11-25-24;;/h1-13,15-16H,14H2,(H,25,27)(H,26,28,29);2*1H. The molecule has 0 saturated carbocycles. The third-order valence-corrected chi connectivity index (χ3v) is 4.90. The van der Waals surface area contributed by atoms with Gasteiger partial charge in [-0.25, -0.2) is 15.0 Å². The molecule has 0 spiro atoms. The van der Waals surface area contributed by atoms with Crippen LogP contribution in [0.15, 0.2) is 91.5 Å². The predicted octanol–water partition coefficient (Wildman–Crippen LogP) is 5.79. The summed E-state index contributed by atoms with van der Waals surface area (Å²) in [7, 11) is 0. The number of aromatic nitrogens is 4. The minimum Gasteiger partial charge on any atom is -0.366 e. The lowest BCUT2D eigenvalue weighted by molar-refractivity contribution is 1.08. The normalized spacial score (nSPS) is 10.9. The SMILES string of the molecule is [HH].[HH].c1ccc(-c2cccc(CNc3cc(-c4c[nH]c5ncccc45)ncn3)c2)cc1. The third-order valence-electron chi connectivity index (χ3n) is 4.90. The van der Waals surface area contributed by atoms with Crippen LogP contribution in [0.4, 0.5) is 5.82 Å². The number of benzene rings is 2. The van der Waals surface area contributed by atoms with Gasteiger partial charge in [-0.3, -0.25) is 0 Å². The second-order valence-corrected chi connectivity index (χ2v) is 6.81. The Bertz CT molecular complexity index is 1270. The van der Waals surface area contributed by atoms with E-state index in [1.165, 1.54) is 16.7 Å². The average molecular weight is 381 g/mol. The van der Waals surface area contributed by atoms with Gasteiger partial charge >= 0.3 is 0 Å². The molecule has 0 saturated heterocycles. The van der Waals surface area contributed by atoms with Crippen LogP contribution in [0.1, 0.15) is 8.42 Å². The third kappa shape index (κ3) is 3.58. The Kier molecular flexibility index (Phi) is 4.47. The van der Waals surface area contributed by atoms with Crippen LogP contribution in [0.2, 0.25) is 0 Å². The summed E-state index contributed by atoms with van der Waals surface area (Å²) in [6.07, 6.45) is 5.31. The molecule has 0 aliphatic rings. The van der Waals surface area contributed by atoms with Crippen LogP contribution in [0.5, 0.6) is 0 Å². The Balaban J connectivity index is 0.00000136. The van der Waals surface area contributed by atoms with Crippen LogP contribution >= 0.6 is 0 Å². The van der Waals surface area contributed by atoms with Crippen LogP contribution in [0.3, 0.4) is 0 Å². The number of nitrogens with one attached hydrogen (secondary N) is 2. The van der Waals surface area contributed by atoms with Crippen molar-refractivity contribution < 1.29 is 2.85 Å². The van der Waals surface area contributed by atoms with E-state index < -0.39 is 0 Å². The number of rotatable bonds is 5. The van der Waals surface area contributed by atoms with E-state index >= 15 is 0 Å². The molecular formula is C24H23N5. The molecular weight excluding hydrogens is 358 g/mol. The molecule has 0 aliphatic carbocycles. The monoisotopic (exact) mass is 381 g/mol. The molecule has 3 heterocycles. The van der Waals surface area contributed by atoms with E-state index in [0.717, 1.165) is 28.1 Å². The number of anilines is 1. The van der Waals surface area contributed by atoms with E-state index in [4.69, 9.17) is 0 Å². The number of pyridine rings is 1. The van der Waals surface area contributed by atoms with Crippen LogP contribution in [0.25, 0.3) is 33.4 Å². The highest BCUT2D eigenvalue weighted by molar-refractivity contribution is 5.92. The maximum atomic E-state index is 4.44. The van der Waals surface area contributed by atoms with Crippen LogP contribution in [-0.4, -0.2) is 19.9 Å². The molecule has 0 aliphatic heterocycles. The van der Waals surface area contributed by atoms with Crippen molar-refractivity contribution in [1.82, 2.24) is 19.9 Å². The van der Waals surface area contributed by atoms with Crippen LogP contribution < -0.4 is 5.32 Å². The Morgan fingerprint density at radius 2 is 1.72 bits per heavy atom. The summed E-state index contributed by atoms with van der Waals surface area (Å²) in [4.78, 5) is 16.4. The van der Waals surface area contributed by atoms with Crippen LogP contribution in [-0.2, 0) is 6.54 Å². The minimum atomic E-state index is 0. The van der Waals surface area contributed by atoms with Crippen molar-refractivity contribution in [1.29, 1.82) is 0 Å². The van der Waals surface area contributed by atoms with Crippen molar-refractivity contribution in [2.45, 2.75) is 6.54 Å². The number of nitrogens with zero attached hydrogens (tertiary/aromatic N) is 3. The first kappa shape index (κ1) is 17.1. The zero-order chi connectivity index (χ0) is 19.5. The molecule has 0 amide bonds. The van der Waals surface area contributed by atoms with Gasteiger partial charge in [0.05, 0.1) is 5.69 Å². The van der Waals surface area contributed by atoms with Crippen molar-refractivity contribution in [3.63, 3.8) is 0 Å². The van der Waals surface area contributed by atoms with Gasteiger partial charge in [0.2, 0.25) is 0 Å². The number of hydrogen-bond acceptors (Lipinski definition) is 4. The Morgan fingerprint density at radius 3 is 2.66 bits per heavy atom. The second-order valence-electron chi connectivity index (χ2n) is 6.81. The Hall–Kier alpha value is -3.99. The van der Waals surface area contributed by atoms with Crippen LogP contribution in [0, 0.1) is 0 Å². The molecule has 2 N–H and O–H groups in total. The molecule has 5 aromatic rings. The molecule has 0 unspecified atom stereocenters. The summed E-state index contributed by atoms with van der Waals surface area (Å²) in [6, 6.07) is 24.9. The van der Waals surface area contributed by atoms with E-state index in [-0.39, 0.29) is 2.85 Å². The molecule has 5 heteroatoms. The molecule has 0 bridgehead atoms. The van der Waals surface area contributed by atoms with Crippen molar-refractivity contribution in [2.75, 3.05) is 5.32 Å². The van der Waals surface area contributed by atoms with Gasteiger partial charge in [-0.2, -0.15) is 0 Å². The van der Waals surface area contributed by atoms with Crippen molar-refractivity contribution >= 4 is 16.9 Å². The molecule has 2 aromatic carbocycles. The molecule has 5 rings (SSSR count). The first-order chi connectivity index (χ1) is 14.4. The summed E-state index contributed by atoms with van der Waals surface area (Å²) in [6.45, 7) is 0.687. The number of fused-ring (bicyclic) bond motifs is 1. The summed E-state index contributed by atoms with van der Waals surface area (Å²) in [5.41, 5.74) is 6.35. The second kappa shape index (κ2) is 7.56. The summed E-state index contributed by atoms with van der Waals surface area (Å²) < 4.78 is 0. The van der Waals surface area contributed by atoms with E-state index in [9.17, 15) is 0 Å². The van der Waals surface area contributed by atoms with Gasteiger partial charge in [0, 0.05) is 38.8 Å². The first-order valence-electron chi connectivity index (χ1n) is 9.49. The molecule has 3 aromatic heterocycles. The van der Waals surface area contributed by atoms with Gasteiger partial charge in [-0.1, -0.05) is 48.5 Å². The molecule has 29 heavy (non-hydrogen) atoms. The van der Waals surface area contributed by atoms with Crippen molar-refractivity contribution in [3.8, 4) is 22.4 Å². The Labute approximate surface area is 171 Å². The number of hydrogen-bond donors (Lipinski definition) is 2. The van der Waals surface area contributed by atoms with Gasteiger partial charge in [0.1, 0.15) is 17.8 Å². The molecule has 0 fully saturated rings. The molecule has 0 radical (unpaired) electrons. The highest BCUT2D eigenvalue weighted by atomic mass is 15.0. The summed E-state index contributed by atoms with van der Waals surface area (Å²) in [5, 5.41) is 4.46. The topological polar surface area (TPSA) is 66.5 Å². The highest BCUT2D eigenvalue weighted by Crippen LogP contribution is 2.27. The van der Waals surface area contributed by atoms with Gasteiger partial charge in [-0.05, 0) is 34.9 Å². The van der Waals surface area contributed by atoms with E-state index in [1.807, 2.05) is 30.5 Å². The largest absolute Gasteiger partial charge is 0.366 e. The van der Waals surface area contributed by atoms with Gasteiger partial charge < -0.3 is 10.3 Å². The quantitative estimate of drug-likeness (QED) is 0.404. The maximum absolute atomic E-state index is 4.44. The fraction of sp³-hybridized carbons (Fsp3) is 0.0417. The molecule has 5 nitrogen and oxygen atoms in total. The Morgan fingerprint density at radius 1 is 0.828 bits per heavy atom. The number of H-pyrrole nitrogens is 1. The summed E-state index contributed by atoms with van der Waals surface area (Å²) in [5.74, 6) is 0.790. The fourth-order valence-corrected chi connectivity index (χ4v) is 3.45. The van der Waals surface area contributed by atoms with E-state index in [2.05, 4.69) is 73.8 Å². The van der Waals surface area contributed by atoms with Crippen molar-refractivity contribution in [3.05, 3.63) is 97.1 Å². The number of aromatic amines is 1. The molecule has 144 valence electrons. The highest BCUT2D eigenvalue weighted by Gasteiger charge is 2.09. The zero-order valence-corrected chi connectivity index (χ0v) is 15.7. The lowest BCUT2D eigenvalue weighted by Gasteiger charge is -2.09. The average Bonchev–Trinajstić information content (AvgIpc) is 3.23. The fourth-order valence-electron chi connectivity index (χ4n) is 3.45. The van der Waals surface area contributed by atoms with Gasteiger partial charge in [0.25, 0.3) is 0 Å². The maximum Gasteiger partial charge on any atom is 0.137 e. The minimum absolute atomic E-state index is 0. The molecule has 0 atom stereocenters. The smallest absolute Gasteiger partial charge is 0.137 e. The zero-order valence-electron chi connectivity index (χ0n) is 15.7. The lowest BCUT2D eigenvalue weighted by Crippen LogP contribution is -2.02. The lowest BCUT2D eigenvalue weighted by atomic mass is 10.0. The van der Waals surface area contributed by atoms with Gasteiger partial charge in [0.15, 0.2) is 0 Å². The van der Waals surface area contributed by atoms with E-state index in [0.29, 0.717) is 6.54 Å². The van der Waals surface area contributed by atoms with E-state index in [1.54, 1.807) is 12.5 Å².